The summed E-state index contributed by atoms with van der Waals surface area (Å²) >= 11 is 0. The summed E-state index contributed by atoms with van der Waals surface area (Å²) in [5.41, 5.74) is -1.12. The van der Waals surface area contributed by atoms with E-state index < -0.39 is 11.5 Å². The number of carbonyl (C=O) groups is 3. The van der Waals surface area contributed by atoms with E-state index in [1.54, 1.807) is 21.0 Å². The molecule has 0 aliphatic heterocycles. The first-order chi connectivity index (χ1) is 9.79. The summed E-state index contributed by atoms with van der Waals surface area (Å²) in [4.78, 5) is 36.6. The second kappa shape index (κ2) is 9.37. The number of carboxylic acid groups (broad SMARTS) is 1. The second-order valence-corrected chi connectivity index (χ2v) is 5.53. The number of amides is 2. The van der Waals surface area contributed by atoms with Crippen LogP contribution in [0.1, 0.15) is 58.8 Å². The molecular formula is C15H28N2O4. The lowest BCUT2D eigenvalue weighted by atomic mass is 9.88. The first-order valence-corrected chi connectivity index (χ1v) is 7.53. The molecule has 0 bridgehead atoms. The number of rotatable bonds is 10. The molecule has 0 rings (SSSR count). The summed E-state index contributed by atoms with van der Waals surface area (Å²) in [7, 11) is 3.22. The van der Waals surface area contributed by atoms with Crippen LogP contribution >= 0.6 is 0 Å². The fourth-order valence-corrected chi connectivity index (χ4v) is 2.25. The van der Waals surface area contributed by atoms with Gasteiger partial charge in [0.2, 0.25) is 11.8 Å². The molecule has 6 nitrogen and oxygen atoms in total. The standard InChI is InChI=1S/C15H28N2O4/c1-5-7-8-9-12(18)16-15(6-2,11-10-13(19)20)14(21)17(3)4/h5-11H2,1-4H3,(H,16,18)(H,19,20)/t15-/m0/s1. The van der Waals surface area contributed by atoms with Crippen LogP contribution in [0, 0.1) is 0 Å². The van der Waals surface area contributed by atoms with Crippen molar-refractivity contribution in [3.63, 3.8) is 0 Å². The van der Waals surface area contributed by atoms with E-state index in [9.17, 15) is 14.4 Å². The van der Waals surface area contributed by atoms with Crippen molar-refractivity contribution in [2.45, 2.75) is 64.3 Å². The minimum absolute atomic E-state index is 0.107. The molecule has 0 unspecified atom stereocenters. The predicted molar refractivity (Wildman–Crippen MR) is 80.9 cm³/mol. The van der Waals surface area contributed by atoms with Crippen LogP contribution in [0.2, 0.25) is 0 Å². The van der Waals surface area contributed by atoms with Gasteiger partial charge in [0.1, 0.15) is 5.54 Å². The van der Waals surface area contributed by atoms with Gasteiger partial charge in [-0.15, -0.1) is 0 Å². The van der Waals surface area contributed by atoms with Gasteiger partial charge in [-0.25, -0.2) is 0 Å². The Morgan fingerprint density at radius 1 is 1.10 bits per heavy atom. The van der Waals surface area contributed by atoms with Crippen LogP contribution in [-0.2, 0) is 14.4 Å². The summed E-state index contributed by atoms with van der Waals surface area (Å²) in [6.45, 7) is 3.84. The highest BCUT2D eigenvalue weighted by molar-refractivity contribution is 5.91. The van der Waals surface area contributed by atoms with E-state index in [0.717, 1.165) is 19.3 Å². The molecule has 0 saturated carbocycles. The van der Waals surface area contributed by atoms with Crippen LogP contribution in [0.5, 0.6) is 0 Å². The number of likely N-dealkylation sites (N-methyl/N-ethyl adjacent to an activating group) is 1. The average molecular weight is 300 g/mol. The number of aliphatic carboxylic acids is 1. The molecule has 6 heteroatoms. The van der Waals surface area contributed by atoms with Gasteiger partial charge in [0.15, 0.2) is 0 Å². The van der Waals surface area contributed by atoms with Crippen LogP contribution < -0.4 is 5.32 Å². The van der Waals surface area contributed by atoms with Crippen LogP contribution in [0.25, 0.3) is 0 Å². The Balaban J connectivity index is 4.96. The van der Waals surface area contributed by atoms with E-state index in [-0.39, 0.29) is 24.7 Å². The van der Waals surface area contributed by atoms with Crippen molar-refractivity contribution in [3.8, 4) is 0 Å². The van der Waals surface area contributed by atoms with Crippen LogP contribution in [-0.4, -0.2) is 47.4 Å². The van der Waals surface area contributed by atoms with Crippen molar-refractivity contribution in [3.05, 3.63) is 0 Å². The number of carboxylic acids is 1. The number of hydrogen-bond acceptors (Lipinski definition) is 3. The first kappa shape index (κ1) is 19.4. The van der Waals surface area contributed by atoms with Crippen LogP contribution in [0.3, 0.4) is 0 Å². The Morgan fingerprint density at radius 2 is 1.71 bits per heavy atom. The van der Waals surface area contributed by atoms with Gasteiger partial charge in [-0.1, -0.05) is 26.7 Å². The highest BCUT2D eigenvalue weighted by Crippen LogP contribution is 2.21. The third-order valence-corrected chi connectivity index (χ3v) is 3.57. The molecule has 0 aromatic heterocycles. The molecule has 0 radical (unpaired) electrons. The highest BCUT2D eigenvalue weighted by atomic mass is 16.4. The van der Waals surface area contributed by atoms with Crippen molar-refractivity contribution in [2.24, 2.45) is 0 Å². The Kier molecular flexibility index (Phi) is 8.66. The highest BCUT2D eigenvalue weighted by Gasteiger charge is 2.39. The van der Waals surface area contributed by atoms with Gasteiger partial charge in [0, 0.05) is 26.9 Å². The van der Waals surface area contributed by atoms with Crippen molar-refractivity contribution in [1.82, 2.24) is 10.2 Å². The number of unbranched alkanes of at least 4 members (excludes halogenated alkanes) is 2. The van der Waals surface area contributed by atoms with Gasteiger partial charge in [-0.05, 0) is 19.3 Å². The maximum atomic E-state index is 12.4. The van der Waals surface area contributed by atoms with Crippen LogP contribution in [0.15, 0.2) is 0 Å². The van der Waals surface area contributed by atoms with E-state index in [1.165, 1.54) is 4.90 Å². The van der Waals surface area contributed by atoms with Gasteiger partial charge < -0.3 is 15.3 Å². The molecule has 0 saturated heterocycles. The molecule has 1 atom stereocenters. The SMILES string of the molecule is CCCCCC(=O)N[C@@](CC)(CCC(=O)O)C(=O)N(C)C. The lowest BCUT2D eigenvalue weighted by molar-refractivity contribution is -0.142. The molecule has 0 aromatic carbocycles. The van der Waals surface area contributed by atoms with Gasteiger partial charge in [-0.2, -0.15) is 0 Å². The molecule has 2 N–H and O–H groups in total. The quantitative estimate of drug-likeness (QED) is 0.602. The van der Waals surface area contributed by atoms with E-state index in [4.69, 9.17) is 5.11 Å². The summed E-state index contributed by atoms with van der Waals surface area (Å²) in [6.07, 6.45) is 3.44. The fraction of sp³-hybridized carbons (Fsp3) is 0.800. The first-order valence-electron chi connectivity index (χ1n) is 7.53. The largest absolute Gasteiger partial charge is 0.481 e. The topological polar surface area (TPSA) is 86.7 Å². The number of carbonyl (C=O) groups excluding carboxylic acids is 2. The van der Waals surface area contributed by atoms with Crippen molar-refractivity contribution < 1.29 is 19.5 Å². The van der Waals surface area contributed by atoms with Gasteiger partial charge >= 0.3 is 5.97 Å². The maximum Gasteiger partial charge on any atom is 0.303 e. The monoisotopic (exact) mass is 300 g/mol. The summed E-state index contributed by atoms with van der Waals surface area (Å²) < 4.78 is 0. The molecular weight excluding hydrogens is 272 g/mol. The molecule has 0 aliphatic carbocycles. The zero-order valence-corrected chi connectivity index (χ0v) is 13.6. The maximum absolute atomic E-state index is 12.4. The van der Waals surface area contributed by atoms with E-state index in [1.807, 2.05) is 0 Å². The fourth-order valence-electron chi connectivity index (χ4n) is 2.25. The molecule has 0 fully saturated rings. The lowest BCUT2D eigenvalue weighted by Gasteiger charge is -2.34. The molecule has 21 heavy (non-hydrogen) atoms. The zero-order valence-electron chi connectivity index (χ0n) is 13.6. The lowest BCUT2D eigenvalue weighted by Crippen LogP contribution is -2.58. The second-order valence-electron chi connectivity index (χ2n) is 5.53. The third-order valence-electron chi connectivity index (χ3n) is 3.57. The van der Waals surface area contributed by atoms with Crippen molar-refractivity contribution in [2.75, 3.05) is 14.1 Å². The number of nitrogens with one attached hydrogen (secondary N) is 1. The van der Waals surface area contributed by atoms with Crippen molar-refractivity contribution in [1.29, 1.82) is 0 Å². The molecule has 0 spiro atoms. The zero-order chi connectivity index (χ0) is 16.5. The summed E-state index contributed by atoms with van der Waals surface area (Å²) in [6, 6.07) is 0. The molecule has 122 valence electrons. The normalized spacial score (nSPS) is 13.3. The Hall–Kier alpha value is -1.59. The molecule has 0 aromatic rings. The Bertz CT molecular complexity index is 369. The summed E-state index contributed by atoms with van der Waals surface area (Å²) in [5, 5.41) is 11.6. The molecule has 2 amide bonds. The minimum atomic E-state index is -1.12. The van der Waals surface area contributed by atoms with Crippen molar-refractivity contribution >= 4 is 17.8 Å². The van der Waals surface area contributed by atoms with Gasteiger partial charge in [0.05, 0.1) is 0 Å². The summed E-state index contributed by atoms with van der Waals surface area (Å²) in [5.74, 6) is -1.42. The van der Waals surface area contributed by atoms with Gasteiger partial charge in [-0.3, -0.25) is 14.4 Å². The Morgan fingerprint density at radius 3 is 2.14 bits per heavy atom. The third kappa shape index (κ3) is 6.60. The van der Waals surface area contributed by atoms with Gasteiger partial charge in [0.25, 0.3) is 0 Å². The van der Waals surface area contributed by atoms with E-state index in [0.29, 0.717) is 12.8 Å². The smallest absolute Gasteiger partial charge is 0.303 e. The minimum Gasteiger partial charge on any atom is -0.481 e. The van der Waals surface area contributed by atoms with Crippen LogP contribution in [0.4, 0.5) is 0 Å². The Labute approximate surface area is 126 Å². The number of nitrogens with zero attached hydrogens (tertiary/aromatic N) is 1. The molecule has 0 heterocycles. The van der Waals surface area contributed by atoms with E-state index >= 15 is 0 Å². The van der Waals surface area contributed by atoms with E-state index in [2.05, 4.69) is 12.2 Å². The predicted octanol–water partition coefficient (Wildman–Crippen LogP) is 1.78. The number of hydrogen-bond donors (Lipinski definition) is 2. The molecule has 0 aliphatic rings. The average Bonchev–Trinajstić information content (AvgIpc) is 2.42.